The third kappa shape index (κ3) is 9.78. The number of nitrogens with one attached hydrogen (secondary N) is 1. The van der Waals surface area contributed by atoms with Crippen molar-refractivity contribution in [1.82, 2.24) is 15.2 Å². The first kappa shape index (κ1) is 30.3. The SMILES string of the molecule is CCOC(=O)C1=C(CN2CCOCC2/C=C/C=O)NC(c2nccs2)=NC1.CO.Fc1cccc(Cl)c1. The van der Waals surface area contributed by atoms with Crippen molar-refractivity contribution in [2.45, 2.75) is 13.0 Å². The molecule has 12 heteroatoms. The first-order valence-electron chi connectivity index (χ1n) is 11.4. The summed E-state index contributed by atoms with van der Waals surface area (Å²) >= 11 is 6.89. The van der Waals surface area contributed by atoms with Gasteiger partial charge in [-0.05, 0) is 31.2 Å². The van der Waals surface area contributed by atoms with E-state index in [0.29, 0.717) is 49.3 Å². The summed E-state index contributed by atoms with van der Waals surface area (Å²) in [5.41, 5.74) is 1.27. The Kier molecular flexibility index (Phi) is 13.7. The molecular weight excluding hydrogens is 523 g/mol. The summed E-state index contributed by atoms with van der Waals surface area (Å²) in [6, 6.07) is 5.78. The Hall–Kier alpha value is -2.96. The average Bonchev–Trinajstić information content (AvgIpc) is 3.45. The number of ether oxygens (including phenoxy) is 2. The molecular formula is C25H30ClFN4O5S. The van der Waals surface area contributed by atoms with E-state index in [-0.39, 0.29) is 24.4 Å². The quantitative estimate of drug-likeness (QED) is 0.306. The van der Waals surface area contributed by atoms with Crippen LogP contribution in [0.2, 0.25) is 5.02 Å². The van der Waals surface area contributed by atoms with Gasteiger partial charge in [-0.25, -0.2) is 14.2 Å². The lowest BCUT2D eigenvalue weighted by Gasteiger charge is -2.35. The number of nitrogens with zero attached hydrogens (tertiary/aromatic N) is 3. The second-order valence-electron chi connectivity index (χ2n) is 7.38. The molecule has 0 spiro atoms. The second-order valence-corrected chi connectivity index (χ2v) is 8.71. The number of aliphatic hydroxyl groups excluding tert-OH is 1. The molecule has 2 aliphatic rings. The summed E-state index contributed by atoms with van der Waals surface area (Å²) in [7, 11) is 1.00. The highest BCUT2D eigenvalue weighted by atomic mass is 35.5. The number of allylic oxidation sites excluding steroid dienone is 1. The minimum atomic E-state index is -0.366. The first-order chi connectivity index (χ1) is 18.0. The maximum absolute atomic E-state index is 12.4. The second kappa shape index (κ2) is 16.7. The number of rotatable bonds is 7. The smallest absolute Gasteiger partial charge is 0.337 e. The van der Waals surface area contributed by atoms with Gasteiger partial charge in [-0.2, -0.15) is 0 Å². The molecule has 1 aromatic carbocycles. The van der Waals surface area contributed by atoms with Crippen molar-refractivity contribution >= 4 is 41.0 Å². The van der Waals surface area contributed by atoms with Crippen LogP contribution in [-0.4, -0.2) is 85.7 Å². The Balaban J connectivity index is 0.000000406. The van der Waals surface area contributed by atoms with Crippen LogP contribution in [0.3, 0.4) is 0 Å². The van der Waals surface area contributed by atoms with Gasteiger partial charge in [0.2, 0.25) is 0 Å². The van der Waals surface area contributed by atoms with E-state index in [4.69, 9.17) is 26.2 Å². The van der Waals surface area contributed by atoms with Crippen LogP contribution in [0, 0.1) is 5.82 Å². The zero-order chi connectivity index (χ0) is 27.0. The normalized spacial score (nSPS) is 17.5. The molecule has 1 fully saturated rings. The van der Waals surface area contributed by atoms with Crippen LogP contribution in [0.5, 0.6) is 0 Å². The number of amidine groups is 1. The number of aliphatic hydroxyl groups is 1. The zero-order valence-electron chi connectivity index (χ0n) is 20.6. The van der Waals surface area contributed by atoms with Gasteiger partial charge in [0.25, 0.3) is 0 Å². The van der Waals surface area contributed by atoms with Crippen LogP contribution in [-0.2, 0) is 19.1 Å². The molecule has 2 aromatic rings. The molecule has 3 heterocycles. The predicted octanol–water partition coefficient (Wildman–Crippen LogP) is 2.85. The van der Waals surface area contributed by atoms with Crippen molar-refractivity contribution in [3.63, 3.8) is 0 Å². The monoisotopic (exact) mass is 552 g/mol. The van der Waals surface area contributed by atoms with E-state index in [1.165, 1.54) is 29.5 Å². The lowest BCUT2D eigenvalue weighted by atomic mass is 10.1. The Bertz CT molecular complexity index is 1080. The molecule has 200 valence electrons. The molecule has 1 aromatic heterocycles. The van der Waals surface area contributed by atoms with E-state index >= 15 is 0 Å². The number of aromatic nitrogens is 1. The van der Waals surface area contributed by atoms with Gasteiger partial charge in [0.1, 0.15) is 12.1 Å². The van der Waals surface area contributed by atoms with Crippen molar-refractivity contribution in [3.8, 4) is 0 Å². The van der Waals surface area contributed by atoms with E-state index in [1.807, 2.05) is 11.5 Å². The van der Waals surface area contributed by atoms with Gasteiger partial charge in [0.05, 0.1) is 38.0 Å². The van der Waals surface area contributed by atoms with Crippen molar-refractivity contribution in [2.24, 2.45) is 4.99 Å². The molecule has 0 saturated carbocycles. The highest BCUT2D eigenvalue weighted by Gasteiger charge is 2.28. The number of aldehydes is 1. The minimum absolute atomic E-state index is 0.0381. The summed E-state index contributed by atoms with van der Waals surface area (Å²) < 4.78 is 22.8. The predicted molar refractivity (Wildman–Crippen MR) is 141 cm³/mol. The summed E-state index contributed by atoms with van der Waals surface area (Å²) in [4.78, 5) is 34.0. The number of hydrogen-bond acceptors (Lipinski definition) is 10. The highest BCUT2D eigenvalue weighted by molar-refractivity contribution is 7.11. The number of esters is 1. The number of carbonyl (C=O) groups is 2. The number of aliphatic imine (C=N–C) groups is 1. The Morgan fingerprint density at radius 1 is 1.43 bits per heavy atom. The summed E-state index contributed by atoms with van der Waals surface area (Å²) in [5, 5.41) is 13.4. The molecule has 37 heavy (non-hydrogen) atoms. The molecule has 9 nitrogen and oxygen atoms in total. The minimum Gasteiger partial charge on any atom is -0.463 e. The summed E-state index contributed by atoms with van der Waals surface area (Å²) in [5.74, 6) is -0.00558. The molecule has 0 aliphatic carbocycles. The van der Waals surface area contributed by atoms with Gasteiger partial charge in [-0.15, -0.1) is 11.3 Å². The summed E-state index contributed by atoms with van der Waals surface area (Å²) in [6.45, 7) is 4.62. The van der Waals surface area contributed by atoms with E-state index in [1.54, 1.807) is 25.3 Å². The van der Waals surface area contributed by atoms with Crippen molar-refractivity contribution in [3.05, 3.63) is 75.1 Å². The lowest BCUT2D eigenvalue weighted by Crippen LogP contribution is -2.48. The maximum Gasteiger partial charge on any atom is 0.337 e. The fourth-order valence-electron chi connectivity index (χ4n) is 3.38. The molecule has 4 rings (SSSR count). The van der Waals surface area contributed by atoms with Gasteiger partial charge in [-0.3, -0.25) is 14.7 Å². The van der Waals surface area contributed by atoms with Crippen molar-refractivity contribution in [1.29, 1.82) is 0 Å². The fraction of sp³-hybridized carbons (Fsp3) is 0.360. The summed E-state index contributed by atoms with van der Waals surface area (Å²) in [6.07, 6.45) is 5.76. The lowest BCUT2D eigenvalue weighted by molar-refractivity contribution is -0.138. The molecule has 0 radical (unpaired) electrons. The molecule has 1 atom stereocenters. The third-order valence-electron chi connectivity index (χ3n) is 5.03. The van der Waals surface area contributed by atoms with E-state index < -0.39 is 0 Å². The molecule has 0 amide bonds. The topological polar surface area (TPSA) is 113 Å². The van der Waals surface area contributed by atoms with Gasteiger partial charge in [0.15, 0.2) is 10.8 Å². The number of thiazole rings is 1. The number of benzene rings is 1. The molecule has 1 unspecified atom stereocenters. The van der Waals surface area contributed by atoms with Crippen LogP contribution < -0.4 is 5.32 Å². The van der Waals surface area contributed by atoms with Crippen LogP contribution in [0.25, 0.3) is 0 Å². The highest BCUT2D eigenvalue weighted by Crippen LogP contribution is 2.18. The van der Waals surface area contributed by atoms with Crippen LogP contribution in [0.1, 0.15) is 11.9 Å². The Morgan fingerprint density at radius 3 is 2.86 bits per heavy atom. The van der Waals surface area contributed by atoms with Gasteiger partial charge >= 0.3 is 5.97 Å². The number of halogens is 2. The molecule has 1 saturated heterocycles. The van der Waals surface area contributed by atoms with Gasteiger partial charge in [-0.1, -0.05) is 23.7 Å². The Morgan fingerprint density at radius 2 is 2.24 bits per heavy atom. The van der Waals surface area contributed by atoms with E-state index in [2.05, 4.69) is 20.2 Å². The number of hydrogen-bond donors (Lipinski definition) is 2. The molecule has 0 bridgehead atoms. The van der Waals surface area contributed by atoms with Crippen LogP contribution in [0.4, 0.5) is 4.39 Å². The van der Waals surface area contributed by atoms with Gasteiger partial charge in [0, 0.05) is 42.5 Å². The van der Waals surface area contributed by atoms with Crippen molar-refractivity contribution in [2.75, 3.05) is 46.6 Å². The standard InChI is InChI=1S/C18H22N4O4S.C6H4ClF.CH4O/c1-2-26-18(24)14-10-20-16(17-19-5-9-27-17)21-15(14)11-22-6-8-25-12-13(22)4-3-7-23;7-5-2-1-3-6(8)4-5;1-2/h3-5,7,9,13H,2,6,8,10-12H2,1H3,(H,20,21);1-4H;2H,1H3/b4-3+;;. The first-order valence-corrected chi connectivity index (χ1v) is 12.7. The van der Waals surface area contributed by atoms with Crippen molar-refractivity contribution < 1.29 is 28.6 Å². The van der Waals surface area contributed by atoms with E-state index in [0.717, 1.165) is 24.1 Å². The zero-order valence-corrected chi connectivity index (χ0v) is 22.2. The Labute approximate surface area is 224 Å². The van der Waals surface area contributed by atoms with E-state index in [9.17, 15) is 14.0 Å². The average molecular weight is 553 g/mol. The fourth-order valence-corrected chi connectivity index (χ4v) is 4.16. The molecule has 2 N–H and O–H groups in total. The van der Waals surface area contributed by atoms with Crippen LogP contribution >= 0.6 is 22.9 Å². The van der Waals surface area contributed by atoms with Crippen LogP contribution in [0.15, 0.2) is 64.3 Å². The van der Waals surface area contributed by atoms with Gasteiger partial charge < -0.3 is 19.9 Å². The third-order valence-corrected chi connectivity index (χ3v) is 6.04. The maximum atomic E-state index is 12.4. The number of carbonyl (C=O) groups excluding carboxylic acids is 2. The largest absolute Gasteiger partial charge is 0.463 e. The molecule has 2 aliphatic heterocycles. The number of morpholine rings is 1.